The van der Waals surface area contributed by atoms with Crippen LogP contribution in [0.3, 0.4) is 0 Å². The maximum Gasteiger partial charge on any atom is 0.582 e. The van der Waals surface area contributed by atoms with Crippen LogP contribution in [0, 0.1) is 0 Å². The fraction of sp³-hybridized carbons (Fsp3) is 0.636. The van der Waals surface area contributed by atoms with Crippen molar-refractivity contribution < 1.29 is 56.3 Å². The molecule has 0 spiro atoms. The molecule has 2 heterocycles. The Bertz CT molecular complexity index is 989. The molecule has 31 heavy (non-hydrogen) atoms. The predicted molar refractivity (Wildman–Crippen MR) is 102 cm³/mol. The molecule has 1 aliphatic heterocycles. The van der Waals surface area contributed by atoms with Gasteiger partial charge in [-0.2, -0.15) is 0 Å². The molecule has 0 bridgehead atoms. The summed E-state index contributed by atoms with van der Waals surface area (Å²) in [5.41, 5.74) is -4.01. The van der Waals surface area contributed by atoms with Crippen molar-refractivity contribution in [3.05, 3.63) is 33.1 Å². The average Bonchev–Trinajstić information content (AvgIpc) is 2.90. The van der Waals surface area contributed by atoms with Crippen LogP contribution in [0.2, 0.25) is 0 Å². The number of aromatic amines is 1. The van der Waals surface area contributed by atoms with Gasteiger partial charge in [0.15, 0.2) is 17.9 Å². The van der Waals surface area contributed by atoms with Crippen molar-refractivity contribution in [2.45, 2.75) is 24.0 Å². The molecule has 1 aliphatic rings. The lowest BCUT2D eigenvalue weighted by atomic mass is 9.97. The molecule has 16 nitrogen and oxygen atoms in total. The van der Waals surface area contributed by atoms with Gasteiger partial charge in [0.25, 0.3) is 5.56 Å². The molecule has 20 heteroatoms. The molecule has 1 aromatic rings. The standard InChI is InChI=1S/C11H17N2O14P3S/c1-23-7-8(27-28(16)31)11(4-24-29(17,18)19,5-25-30(20,21)22)26-9(7)13-3-2-6(14)12-10(13)15/h2-3,7-9H,4-5H2,1H3,(H5-,12,14,15,16,17,18,19,20,21,22,31)/p+1/t7?,8-,9-/m1/s1. The van der Waals surface area contributed by atoms with E-state index in [0.717, 1.165) is 23.9 Å². The molecule has 1 fully saturated rings. The summed E-state index contributed by atoms with van der Waals surface area (Å²) in [6.07, 6.45) is -3.53. The van der Waals surface area contributed by atoms with E-state index in [0.29, 0.717) is 0 Å². The summed E-state index contributed by atoms with van der Waals surface area (Å²) in [6.45, 7) is -2.21. The Hall–Kier alpha value is -0.770. The van der Waals surface area contributed by atoms with E-state index >= 15 is 0 Å². The summed E-state index contributed by atoms with van der Waals surface area (Å²) in [6, 6.07) is 0.949. The highest BCUT2D eigenvalue weighted by Crippen LogP contribution is 2.49. The number of hydrogen-bond acceptors (Lipinski definition) is 10. The summed E-state index contributed by atoms with van der Waals surface area (Å²) >= 11 is 3.60. The van der Waals surface area contributed by atoms with Gasteiger partial charge in [0.1, 0.15) is 18.4 Å². The molecular weight excluding hydrogens is 509 g/mol. The van der Waals surface area contributed by atoms with Crippen molar-refractivity contribution in [2.24, 2.45) is 0 Å². The van der Waals surface area contributed by atoms with Crippen LogP contribution in [-0.2, 0) is 36.7 Å². The first-order valence-corrected chi connectivity index (χ1v) is 13.3. The highest BCUT2D eigenvalue weighted by molar-refractivity contribution is 8.39. The van der Waals surface area contributed by atoms with Crippen LogP contribution in [0.4, 0.5) is 0 Å². The van der Waals surface area contributed by atoms with Crippen molar-refractivity contribution in [1.29, 1.82) is 0 Å². The minimum Gasteiger partial charge on any atom is -0.374 e. The van der Waals surface area contributed by atoms with Gasteiger partial charge < -0.3 is 29.0 Å². The van der Waals surface area contributed by atoms with E-state index < -0.39 is 71.4 Å². The number of thiol groups is 1. The zero-order valence-corrected chi connectivity index (χ0v) is 19.0. The zero-order chi connectivity index (χ0) is 23.6. The summed E-state index contributed by atoms with van der Waals surface area (Å²) in [7, 11) is -11.9. The van der Waals surface area contributed by atoms with E-state index in [9.17, 15) is 23.3 Å². The molecule has 0 radical (unpaired) electrons. The highest BCUT2D eigenvalue weighted by Gasteiger charge is 2.62. The lowest BCUT2D eigenvalue weighted by Crippen LogP contribution is -2.51. The number of phosphoric acid groups is 2. The molecule has 0 saturated carbocycles. The molecule has 2 unspecified atom stereocenters. The van der Waals surface area contributed by atoms with Crippen LogP contribution in [0.5, 0.6) is 0 Å². The Labute approximate surface area is 178 Å². The fourth-order valence-electron chi connectivity index (χ4n) is 2.82. The average molecular weight is 527 g/mol. The number of H-pyrrole nitrogens is 1. The summed E-state index contributed by atoms with van der Waals surface area (Å²) < 4.78 is 59.8. The fourth-order valence-corrected chi connectivity index (χ4v) is 4.40. The van der Waals surface area contributed by atoms with Gasteiger partial charge in [-0.15, -0.1) is 4.52 Å². The first kappa shape index (κ1) is 26.5. The molecule has 1 aromatic heterocycles. The molecular formula is C11H18N2O14P3S+. The van der Waals surface area contributed by atoms with Gasteiger partial charge in [-0.25, -0.2) is 13.9 Å². The van der Waals surface area contributed by atoms with Gasteiger partial charge >= 0.3 is 28.6 Å². The number of methoxy groups -OCH3 is 1. The Morgan fingerprint density at radius 1 is 1.23 bits per heavy atom. The van der Waals surface area contributed by atoms with E-state index in [2.05, 4.69) is 21.3 Å². The second-order valence-electron chi connectivity index (χ2n) is 6.08. The van der Waals surface area contributed by atoms with E-state index in [1.54, 1.807) is 0 Å². The number of phosphoric ester groups is 2. The zero-order valence-electron chi connectivity index (χ0n) is 15.4. The van der Waals surface area contributed by atoms with Crippen molar-refractivity contribution in [3.63, 3.8) is 0 Å². The van der Waals surface area contributed by atoms with Crippen molar-refractivity contribution in [1.82, 2.24) is 9.55 Å². The molecule has 1 saturated heterocycles. The van der Waals surface area contributed by atoms with Gasteiger partial charge in [0, 0.05) is 19.4 Å². The maximum atomic E-state index is 12.2. The second kappa shape index (κ2) is 10.0. The van der Waals surface area contributed by atoms with E-state index in [1.165, 1.54) is 0 Å². The lowest BCUT2D eigenvalue weighted by molar-refractivity contribution is -0.142. The maximum absolute atomic E-state index is 12.2. The van der Waals surface area contributed by atoms with Crippen LogP contribution < -0.4 is 11.2 Å². The normalized spacial score (nSPS) is 24.3. The third-order valence-corrected chi connectivity index (χ3v) is 5.63. The smallest absolute Gasteiger partial charge is 0.374 e. The van der Waals surface area contributed by atoms with Crippen LogP contribution >= 0.6 is 35.1 Å². The second-order valence-corrected chi connectivity index (χ2v) is 10.2. The highest BCUT2D eigenvalue weighted by atomic mass is 32.7. The Balaban J connectivity index is 2.60. The molecule has 0 amide bonds. The predicted octanol–water partition coefficient (Wildman–Crippen LogP) is -0.990. The van der Waals surface area contributed by atoms with E-state index in [1.807, 2.05) is 4.98 Å². The quantitative estimate of drug-likeness (QED) is 0.158. The number of nitrogens with one attached hydrogen (secondary N) is 1. The van der Waals surface area contributed by atoms with Gasteiger partial charge in [-0.05, 0) is 4.57 Å². The lowest BCUT2D eigenvalue weighted by Gasteiger charge is -2.31. The van der Waals surface area contributed by atoms with Gasteiger partial charge in [0.2, 0.25) is 0 Å². The largest absolute Gasteiger partial charge is 0.582 e. The number of aromatic nitrogens is 2. The molecule has 5 N–H and O–H groups in total. The third-order valence-electron chi connectivity index (χ3n) is 4.01. The molecule has 0 aromatic carbocycles. The Morgan fingerprint density at radius 2 is 1.77 bits per heavy atom. The van der Waals surface area contributed by atoms with Crippen LogP contribution in [0.15, 0.2) is 21.9 Å². The van der Waals surface area contributed by atoms with Gasteiger partial charge in [-0.3, -0.25) is 23.4 Å². The summed E-state index contributed by atoms with van der Waals surface area (Å²) in [5, 5.41) is 0. The number of nitrogens with zero attached hydrogens (tertiary/aromatic N) is 1. The molecule has 176 valence electrons. The van der Waals surface area contributed by atoms with Crippen molar-refractivity contribution in [3.8, 4) is 0 Å². The van der Waals surface area contributed by atoms with Crippen molar-refractivity contribution in [2.75, 3.05) is 20.3 Å². The van der Waals surface area contributed by atoms with Gasteiger partial charge in [-0.1, -0.05) is 0 Å². The summed E-state index contributed by atoms with van der Waals surface area (Å²) in [4.78, 5) is 61.8. The van der Waals surface area contributed by atoms with Crippen molar-refractivity contribution >= 4 is 35.1 Å². The monoisotopic (exact) mass is 527 g/mol. The van der Waals surface area contributed by atoms with Crippen LogP contribution in [-0.4, -0.2) is 67.3 Å². The molecule has 4 atom stereocenters. The minimum absolute atomic E-state index is 0.750. The molecule has 2 rings (SSSR count). The first-order valence-electron chi connectivity index (χ1n) is 7.92. The summed E-state index contributed by atoms with van der Waals surface area (Å²) in [5.74, 6) is 0. The molecule has 0 aliphatic carbocycles. The minimum atomic E-state index is -5.16. The number of hydrogen-bond donors (Lipinski definition) is 6. The van der Waals surface area contributed by atoms with Crippen LogP contribution in [0.1, 0.15) is 6.23 Å². The number of rotatable bonds is 10. The van der Waals surface area contributed by atoms with E-state index in [-0.39, 0.29) is 0 Å². The van der Waals surface area contributed by atoms with Crippen LogP contribution in [0.25, 0.3) is 0 Å². The Morgan fingerprint density at radius 3 is 2.19 bits per heavy atom. The Kier molecular flexibility index (Phi) is 8.55. The third kappa shape index (κ3) is 7.11. The first-order chi connectivity index (χ1) is 14.2. The number of ether oxygens (including phenoxy) is 2. The topological polar surface area (TPSA) is 233 Å². The SMILES string of the molecule is COC1[C@H](n2ccc(=O)[nH]c2=O)OC(COP(=O)(O)O)(COP(=O)(O)O)[C@@H]1O[P+](=O)S. The van der Waals surface area contributed by atoms with E-state index in [4.69, 9.17) is 33.6 Å². The van der Waals surface area contributed by atoms with Gasteiger partial charge in [0.05, 0.1) is 13.2 Å².